The molecule has 3 aromatic rings. The summed E-state index contributed by atoms with van der Waals surface area (Å²) in [6, 6.07) is 9.34. The quantitative estimate of drug-likeness (QED) is 0.458. The number of rotatable bonds is 4. The van der Waals surface area contributed by atoms with E-state index in [0.29, 0.717) is 41.6 Å². The van der Waals surface area contributed by atoms with E-state index in [1.807, 2.05) is 23.1 Å². The lowest BCUT2D eigenvalue weighted by Gasteiger charge is -2.34. The van der Waals surface area contributed by atoms with Crippen molar-refractivity contribution in [1.29, 1.82) is 0 Å². The molecule has 1 aromatic heterocycles. The predicted molar refractivity (Wildman–Crippen MR) is 125 cm³/mol. The van der Waals surface area contributed by atoms with E-state index in [9.17, 15) is 18.0 Å². The molecule has 176 valence electrons. The molecule has 2 aromatic carbocycles. The summed E-state index contributed by atoms with van der Waals surface area (Å²) in [5.41, 5.74) is 2.34. The van der Waals surface area contributed by atoms with Crippen molar-refractivity contribution in [3.05, 3.63) is 68.8 Å². The van der Waals surface area contributed by atoms with Crippen LogP contribution in [0, 0.1) is 0 Å². The van der Waals surface area contributed by atoms with E-state index >= 15 is 0 Å². The molecule has 0 aliphatic carbocycles. The molecule has 4 nitrogen and oxygen atoms in total. The smallest absolute Gasteiger partial charge is 0.347 e. The molecule has 0 bridgehead atoms. The van der Waals surface area contributed by atoms with Gasteiger partial charge in [0, 0.05) is 69.3 Å². The zero-order chi connectivity index (χ0) is 23.9. The second-order valence-electron chi connectivity index (χ2n) is 8.42. The molecule has 9 heteroatoms. The van der Waals surface area contributed by atoms with Crippen LogP contribution in [0.3, 0.4) is 0 Å². The van der Waals surface area contributed by atoms with Crippen LogP contribution in [0.15, 0.2) is 36.4 Å². The largest absolute Gasteiger partial charge is 0.416 e. The topological polar surface area (TPSA) is 28.5 Å². The number of aromatic nitrogens is 1. The highest BCUT2D eigenvalue weighted by Crippen LogP contribution is 2.35. The highest BCUT2D eigenvalue weighted by atomic mass is 35.5. The maximum absolute atomic E-state index is 13.1. The third kappa shape index (κ3) is 5.00. The van der Waals surface area contributed by atoms with Gasteiger partial charge in [-0.3, -0.25) is 9.69 Å². The van der Waals surface area contributed by atoms with Gasteiger partial charge in [0.05, 0.1) is 10.6 Å². The summed E-state index contributed by atoms with van der Waals surface area (Å²) < 4.78 is 41.2. The van der Waals surface area contributed by atoms with Crippen LogP contribution in [0.4, 0.5) is 13.2 Å². The monoisotopic (exact) mass is 497 g/mol. The number of carbonyl (C=O) groups excluding carboxylic acids is 1. The number of alkyl halides is 3. The third-order valence-corrected chi connectivity index (χ3v) is 7.13. The van der Waals surface area contributed by atoms with Gasteiger partial charge in [-0.2, -0.15) is 13.2 Å². The lowest BCUT2D eigenvalue weighted by atomic mass is 10.0. The van der Waals surface area contributed by atoms with Gasteiger partial charge >= 0.3 is 6.18 Å². The zero-order valence-corrected chi connectivity index (χ0v) is 19.9. The van der Waals surface area contributed by atoms with Gasteiger partial charge < -0.3 is 9.47 Å². The van der Waals surface area contributed by atoms with E-state index in [-0.39, 0.29) is 5.91 Å². The number of aryl methyl sites for hydroxylation is 1. The fourth-order valence-corrected chi connectivity index (χ4v) is 4.87. The maximum Gasteiger partial charge on any atom is 0.416 e. The minimum atomic E-state index is -4.39. The first-order valence-corrected chi connectivity index (χ1v) is 11.4. The Balaban J connectivity index is 1.58. The summed E-state index contributed by atoms with van der Waals surface area (Å²) in [5, 5.41) is 1.82. The molecule has 1 saturated heterocycles. The van der Waals surface area contributed by atoms with Gasteiger partial charge in [0.1, 0.15) is 0 Å². The van der Waals surface area contributed by atoms with E-state index in [1.165, 1.54) is 12.1 Å². The molecule has 1 amide bonds. The van der Waals surface area contributed by atoms with Gasteiger partial charge in [-0.25, -0.2) is 0 Å². The third-order valence-electron chi connectivity index (χ3n) is 6.31. The minimum Gasteiger partial charge on any atom is -0.347 e. The van der Waals surface area contributed by atoms with Crippen molar-refractivity contribution in [2.45, 2.75) is 26.1 Å². The lowest BCUT2D eigenvalue weighted by molar-refractivity contribution is -0.137. The number of halogens is 5. The second kappa shape index (κ2) is 9.20. The van der Waals surface area contributed by atoms with Crippen LogP contribution < -0.4 is 0 Å². The molecule has 1 fully saturated rings. The molecule has 0 saturated carbocycles. The minimum absolute atomic E-state index is 0.0822. The van der Waals surface area contributed by atoms with Crippen molar-refractivity contribution < 1.29 is 18.0 Å². The van der Waals surface area contributed by atoms with Gasteiger partial charge in [0.2, 0.25) is 5.91 Å². The van der Waals surface area contributed by atoms with E-state index in [4.69, 9.17) is 23.2 Å². The van der Waals surface area contributed by atoms with Gasteiger partial charge in [-0.05, 0) is 40.8 Å². The Morgan fingerprint density at radius 1 is 1.03 bits per heavy atom. The Hall–Kier alpha value is -2.22. The first-order valence-electron chi connectivity index (χ1n) is 10.6. The summed E-state index contributed by atoms with van der Waals surface area (Å²) in [6.07, 6.45) is -3.99. The van der Waals surface area contributed by atoms with Gasteiger partial charge in [0.15, 0.2) is 0 Å². The molecule has 0 spiro atoms. The normalized spacial score (nSPS) is 15.4. The van der Waals surface area contributed by atoms with E-state index < -0.39 is 11.7 Å². The standard InChI is InChI=1S/C24H24Cl2F3N3O/c1-15(33)32-9-7-31(8-10-32)14-17-4-6-21(25)20(23(17)26)13-19-11-16-3-5-18(24(27,28)29)12-22(16)30(19)2/h3-6,11-12H,7-10,13-14H2,1-2H3. The molecular weight excluding hydrogens is 474 g/mol. The van der Waals surface area contributed by atoms with Gasteiger partial charge in [0.25, 0.3) is 0 Å². The fourth-order valence-electron chi connectivity index (χ4n) is 4.31. The number of hydrogen-bond donors (Lipinski definition) is 0. The van der Waals surface area contributed by atoms with Crippen LogP contribution in [-0.2, 0) is 31.0 Å². The van der Waals surface area contributed by atoms with Crippen molar-refractivity contribution in [3.8, 4) is 0 Å². The molecule has 0 N–H and O–H groups in total. The second-order valence-corrected chi connectivity index (χ2v) is 9.21. The van der Waals surface area contributed by atoms with E-state index in [0.717, 1.165) is 41.4 Å². The number of hydrogen-bond acceptors (Lipinski definition) is 2. The highest BCUT2D eigenvalue weighted by Gasteiger charge is 2.31. The van der Waals surface area contributed by atoms with Crippen molar-refractivity contribution in [3.63, 3.8) is 0 Å². The van der Waals surface area contributed by atoms with E-state index in [2.05, 4.69) is 4.90 Å². The van der Waals surface area contributed by atoms with Crippen LogP contribution in [0.2, 0.25) is 10.0 Å². The molecule has 2 heterocycles. The first-order chi connectivity index (χ1) is 15.5. The number of nitrogens with zero attached hydrogens (tertiary/aromatic N) is 3. The van der Waals surface area contributed by atoms with E-state index in [1.54, 1.807) is 18.5 Å². The number of fused-ring (bicyclic) bond motifs is 1. The Morgan fingerprint density at radius 3 is 2.36 bits per heavy atom. The van der Waals surface area contributed by atoms with Gasteiger partial charge in [-0.15, -0.1) is 0 Å². The number of amides is 1. The van der Waals surface area contributed by atoms with Crippen LogP contribution in [-0.4, -0.2) is 46.5 Å². The summed E-state index contributed by atoms with van der Waals surface area (Å²) >= 11 is 13.2. The van der Waals surface area contributed by atoms with Gasteiger partial charge in [-0.1, -0.05) is 35.3 Å². The summed E-state index contributed by atoms with van der Waals surface area (Å²) in [7, 11) is 1.75. The van der Waals surface area contributed by atoms with Crippen LogP contribution in [0.5, 0.6) is 0 Å². The molecule has 33 heavy (non-hydrogen) atoms. The Bertz CT molecular complexity index is 1200. The Kier molecular flexibility index (Phi) is 6.67. The molecule has 0 atom stereocenters. The van der Waals surface area contributed by atoms with Crippen molar-refractivity contribution in [1.82, 2.24) is 14.4 Å². The molecular formula is C24H24Cl2F3N3O. The molecule has 1 aliphatic heterocycles. The van der Waals surface area contributed by atoms with Crippen LogP contribution in [0.1, 0.15) is 29.3 Å². The summed E-state index contributed by atoms with van der Waals surface area (Å²) in [5.74, 6) is 0.0822. The Labute approximate surface area is 200 Å². The number of carbonyl (C=O) groups is 1. The van der Waals surface area contributed by atoms with Crippen molar-refractivity contribution in [2.24, 2.45) is 7.05 Å². The van der Waals surface area contributed by atoms with Crippen molar-refractivity contribution in [2.75, 3.05) is 26.2 Å². The molecule has 1 aliphatic rings. The van der Waals surface area contributed by atoms with Crippen LogP contribution >= 0.6 is 23.2 Å². The fraction of sp³-hybridized carbons (Fsp3) is 0.375. The molecule has 0 unspecified atom stereocenters. The van der Waals surface area contributed by atoms with Crippen LogP contribution in [0.25, 0.3) is 10.9 Å². The maximum atomic E-state index is 13.1. The highest BCUT2D eigenvalue weighted by molar-refractivity contribution is 6.36. The lowest BCUT2D eigenvalue weighted by Crippen LogP contribution is -2.47. The van der Waals surface area contributed by atoms with Crippen molar-refractivity contribution >= 4 is 40.0 Å². The summed E-state index contributed by atoms with van der Waals surface area (Å²) in [4.78, 5) is 15.6. The molecule has 4 rings (SSSR count). The average Bonchev–Trinajstić information content (AvgIpc) is 3.08. The zero-order valence-electron chi connectivity index (χ0n) is 18.3. The SMILES string of the molecule is CC(=O)N1CCN(Cc2ccc(Cl)c(Cc3cc4ccc(C(F)(F)F)cc4n3C)c2Cl)CC1. The predicted octanol–water partition coefficient (Wildman–Crippen LogP) is 5.76. The first kappa shape index (κ1) is 23.9. The number of piperazine rings is 1. The summed E-state index contributed by atoms with van der Waals surface area (Å²) in [6.45, 7) is 5.11. The Morgan fingerprint density at radius 2 is 1.73 bits per heavy atom. The average molecular weight is 498 g/mol. The number of benzene rings is 2. The molecule has 0 radical (unpaired) electrons.